The number of rotatable bonds is 7. The van der Waals surface area contributed by atoms with Crippen LogP contribution in [0, 0.1) is 0 Å². The molecule has 1 fully saturated rings. The van der Waals surface area contributed by atoms with E-state index in [-0.39, 0.29) is 5.91 Å². The molecule has 116 valence electrons. The second kappa shape index (κ2) is 8.15. The summed E-state index contributed by atoms with van der Waals surface area (Å²) in [6, 6.07) is 10.1. The van der Waals surface area contributed by atoms with Crippen LogP contribution in [0.1, 0.15) is 31.7 Å². The van der Waals surface area contributed by atoms with Crippen molar-refractivity contribution in [1.29, 1.82) is 0 Å². The molecule has 1 amide bonds. The Morgan fingerprint density at radius 3 is 2.62 bits per heavy atom. The van der Waals surface area contributed by atoms with E-state index in [1.54, 1.807) is 0 Å². The summed E-state index contributed by atoms with van der Waals surface area (Å²) in [4.78, 5) is 14.5. The Hall–Kier alpha value is -1.39. The number of nitrogens with two attached hydrogens (primary N) is 1. The number of aryl methyl sites for hydroxylation is 1. The summed E-state index contributed by atoms with van der Waals surface area (Å²) in [6.07, 6.45) is 4.08. The minimum absolute atomic E-state index is 0.0306. The van der Waals surface area contributed by atoms with Gasteiger partial charge in [0.2, 0.25) is 5.91 Å². The average Bonchev–Trinajstić information content (AvgIpc) is 3.05. The molecule has 0 bridgehead atoms. The van der Waals surface area contributed by atoms with Crippen molar-refractivity contribution in [3.63, 3.8) is 0 Å². The summed E-state index contributed by atoms with van der Waals surface area (Å²) in [7, 11) is 0. The Bertz CT molecular complexity index is 429. The Balaban J connectivity index is 1.67. The molecule has 0 saturated carbocycles. The fourth-order valence-electron chi connectivity index (χ4n) is 2.79. The smallest absolute Gasteiger partial charge is 0.236 e. The largest absolute Gasteiger partial charge is 0.353 e. The van der Waals surface area contributed by atoms with Crippen molar-refractivity contribution in [1.82, 2.24) is 10.2 Å². The number of amides is 1. The lowest BCUT2D eigenvalue weighted by Crippen LogP contribution is -2.46. The minimum Gasteiger partial charge on any atom is -0.353 e. The number of likely N-dealkylation sites (tertiary alicyclic amines) is 1. The maximum atomic E-state index is 12.0. The lowest BCUT2D eigenvalue weighted by atomic mass is 10.1. The molecule has 3 N–H and O–H groups in total. The fraction of sp³-hybridized carbons (Fsp3) is 0.588. The highest BCUT2D eigenvalue weighted by Gasteiger charge is 2.19. The Labute approximate surface area is 127 Å². The molecule has 2 atom stereocenters. The lowest BCUT2D eigenvalue weighted by molar-refractivity contribution is -0.122. The molecular formula is C17H27N3O. The zero-order chi connectivity index (χ0) is 15.1. The van der Waals surface area contributed by atoms with Crippen molar-refractivity contribution >= 4 is 5.91 Å². The van der Waals surface area contributed by atoms with Gasteiger partial charge in [-0.25, -0.2) is 0 Å². The molecule has 0 radical (unpaired) electrons. The second-order valence-corrected chi connectivity index (χ2v) is 5.97. The standard InChI is InChI=1S/C17H27N3O/c1-14(20-11-5-6-12-20)13-19-17(21)16(18)10-9-15-7-3-2-4-8-15/h2-4,7-8,14,16H,5-6,9-13,18H2,1H3,(H,19,21)/t14?,16-/m0/s1. The Kier molecular flexibility index (Phi) is 6.21. The van der Waals surface area contributed by atoms with Crippen LogP contribution in [0.25, 0.3) is 0 Å². The zero-order valence-corrected chi connectivity index (χ0v) is 12.9. The third kappa shape index (κ3) is 5.14. The first-order valence-electron chi connectivity index (χ1n) is 7.98. The molecule has 1 aromatic rings. The van der Waals surface area contributed by atoms with Crippen LogP contribution in [-0.2, 0) is 11.2 Å². The molecule has 2 rings (SSSR count). The number of carbonyl (C=O) groups excluding carboxylic acids is 1. The van der Waals surface area contributed by atoms with Gasteiger partial charge in [-0.3, -0.25) is 9.69 Å². The molecule has 4 heteroatoms. The highest BCUT2D eigenvalue weighted by molar-refractivity contribution is 5.81. The number of carbonyl (C=O) groups is 1. The minimum atomic E-state index is -0.420. The van der Waals surface area contributed by atoms with E-state index in [2.05, 4.69) is 29.3 Å². The van der Waals surface area contributed by atoms with Crippen molar-refractivity contribution in [3.8, 4) is 0 Å². The first-order valence-corrected chi connectivity index (χ1v) is 7.98. The predicted octanol–water partition coefficient (Wildman–Crippen LogP) is 1.55. The van der Waals surface area contributed by atoms with Crippen LogP contribution >= 0.6 is 0 Å². The first kappa shape index (κ1) is 16.0. The maximum absolute atomic E-state index is 12.0. The van der Waals surface area contributed by atoms with E-state index in [1.807, 2.05) is 18.2 Å². The number of benzene rings is 1. The molecule has 1 heterocycles. The van der Waals surface area contributed by atoms with Gasteiger partial charge in [0.25, 0.3) is 0 Å². The van der Waals surface area contributed by atoms with Crippen molar-refractivity contribution in [2.45, 2.75) is 44.7 Å². The first-order chi connectivity index (χ1) is 10.2. The van der Waals surface area contributed by atoms with Crippen LogP contribution in [0.2, 0.25) is 0 Å². The monoisotopic (exact) mass is 289 g/mol. The topological polar surface area (TPSA) is 58.4 Å². The van der Waals surface area contributed by atoms with Gasteiger partial charge in [0.15, 0.2) is 0 Å². The van der Waals surface area contributed by atoms with Gasteiger partial charge >= 0.3 is 0 Å². The number of hydrogen-bond donors (Lipinski definition) is 2. The quantitative estimate of drug-likeness (QED) is 0.800. The Morgan fingerprint density at radius 1 is 1.29 bits per heavy atom. The third-order valence-corrected chi connectivity index (χ3v) is 4.26. The third-order valence-electron chi connectivity index (χ3n) is 4.26. The van der Waals surface area contributed by atoms with Crippen LogP contribution in [0.5, 0.6) is 0 Å². The summed E-state index contributed by atoms with van der Waals surface area (Å²) in [5.74, 6) is -0.0306. The Morgan fingerprint density at radius 2 is 1.95 bits per heavy atom. The molecule has 0 aromatic heterocycles. The highest BCUT2D eigenvalue weighted by Crippen LogP contribution is 2.10. The van der Waals surface area contributed by atoms with Gasteiger partial charge < -0.3 is 11.1 Å². The van der Waals surface area contributed by atoms with Gasteiger partial charge in [-0.1, -0.05) is 30.3 Å². The molecule has 1 saturated heterocycles. The van der Waals surface area contributed by atoms with Gasteiger partial charge in [-0.15, -0.1) is 0 Å². The van der Waals surface area contributed by atoms with Gasteiger partial charge in [0, 0.05) is 12.6 Å². The summed E-state index contributed by atoms with van der Waals surface area (Å²) in [6.45, 7) is 5.16. The van der Waals surface area contributed by atoms with Crippen LogP contribution < -0.4 is 11.1 Å². The molecule has 4 nitrogen and oxygen atoms in total. The molecular weight excluding hydrogens is 262 g/mol. The SMILES string of the molecule is CC(CNC(=O)[C@@H](N)CCc1ccccc1)N1CCCC1. The van der Waals surface area contributed by atoms with Crippen molar-refractivity contribution in [2.24, 2.45) is 5.73 Å². The average molecular weight is 289 g/mol. The van der Waals surface area contributed by atoms with E-state index in [0.29, 0.717) is 19.0 Å². The van der Waals surface area contributed by atoms with E-state index in [1.165, 1.54) is 18.4 Å². The summed E-state index contributed by atoms with van der Waals surface area (Å²) >= 11 is 0. The molecule has 21 heavy (non-hydrogen) atoms. The van der Waals surface area contributed by atoms with Crippen molar-refractivity contribution in [3.05, 3.63) is 35.9 Å². The van der Waals surface area contributed by atoms with E-state index in [4.69, 9.17) is 5.73 Å². The van der Waals surface area contributed by atoms with Gasteiger partial charge in [-0.05, 0) is 51.3 Å². The van der Waals surface area contributed by atoms with Crippen LogP contribution in [0.15, 0.2) is 30.3 Å². The molecule has 1 aliphatic heterocycles. The molecule has 0 spiro atoms. The van der Waals surface area contributed by atoms with Crippen molar-refractivity contribution in [2.75, 3.05) is 19.6 Å². The van der Waals surface area contributed by atoms with Crippen LogP contribution in [-0.4, -0.2) is 42.5 Å². The normalized spacial score (nSPS) is 18.4. The fourth-order valence-corrected chi connectivity index (χ4v) is 2.79. The summed E-state index contributed by atoms with van der Waals surface area (Å²) < 4.78 is 0. The number of nitrogens with zero attached hydrogens (tertiary/aromatic N) is 1. The van der Waals surface area contributed by atoms with E-state index < -0.39 is 6.04 Å². The molecule has 1 unspecified atom stereocenters. The van der Waals surface area contributed by atoms with Crippen molar-refractivity contribution < 1.29 is 4.79 Å². The van der Waals surface area contributed by atoms with Gasteiger partial charge in [0.05, 0.1) is 6.04 Å². The van der Waals surface area contributed by atoms with E-state index >= 15 is 0 Å². The lowest BCUT2D eigenvalue weighted by Gasteiger charge is -2.24. The zero-order valence-electron chi connectivity index (χ0n) is 12.9. The molecule has 1 aromatic carbocycles. The molecule has 1 aliphatic rings. The highest BCUT2D eigenvalue weighted by atomic mass is 16.2. The number of nitrogens with one attached hydrogen (secondary N) is 1. The maximum Gasteiger partial charge on any atom is 0.236 e. The summed E-state index contributed by atoms with van der Waals surface area (Å²) in [5, 5.41) is 2.99. The molecule has 0 aliphatic carbocycles. The van der Waals surface area contributed by atoms with E-state index in [0.717, 1.165) is 19.5 Å². The van der Waals surface area contributed by atoms with E-state index in [9.17, 15) is 4.79 Å². The van der Waals surface area contributed by atoms with Crippen LogP contribution in [0.3, 0.4) is 0 Å². The predicted molar refractivity (Wildman–Crippen MR) is 86.0 cm³/mol. The summed E-state index contributed by atoms with van der Waals surface area (Å²) in [5.41, 5.74) is 7.21. The second-order valence-electron chi connectivity index (χ2n) is 5.97. The van der Waals surface area contributed by atoms with Crippen LogP contribution in [0.4, 0.5) is 0 Å². The van der Waals surface area contributed by atoms with Gasteiger partial charge in [0.1, 0.15) is 0 Å². The van der Waals surface area contributed by atoms with Gasteiger partial charge in [-0.2, -0.15) is 0 Å². The number of hydrogen-bond acceptors (Lipinski definition) is 3.